The third-order valence-electron chi connectivity index (χ3n) is 3.43. The second-order valence-corrected chi connectivity index (χ2v) is 5.73. The summed E-state index contributed by atoms with van der Waals surface area (Å²) in [5.74, 6) is 0.177. The molecule has 0 N–H and O–H groups in total. The number of carbonyl (C=O) groups excluding carboxylic acids is 1. The van der Waals surface area contributed by atoms with Crippen LogP contribution in [0.15, 0.2) is 53.3 Å². The van der Waals surface area contributed by atoms with E-state index in [9.17, 15) is 4.79 Å². The number of rotatable bonds is 7. The van der Waals surface area contributed by atoms with Crippen molar-refractivity contribution in [2.75, 3.05) is 13.1 Å². The molecule has 0 aliphatic heterocycles. The summed E-state index contributed by atoms with van der Waals surface area (Å²) in [6.07, 6.45) is 4.13. The Kier molecular flexibility index (Phi) is 6.08. The topological polar surface area (TPSA) is 33.2 Å². The standard InChI is InChI=1S/C17H19BrN2O/c1-2-20(13-14-7-10-19-11-8-14)12-9-17(21)15-5-3-4-6-16(15)18/h3-8,10-11H,2,9,12-13H2,1H3. The Balaban J connectivity index is 1.91. The van der Waals surface area contributed by atoms with Gasteiger partial charge in [-0.05, 0) is 30.3 Å². The van der Waals surface area contributed by atoms with Crippen LogP contribution in [0, 0.1) is 0 Å². The van der Waals surface area contributed by atoms with Gasteiger partial charge in [0.2, 0.25) is 0 Å². The SMILES string of the molecule is CCN(CCC(=O)c1ccccc1Br)Cc1ccncc1. The molecule has 2 aromatic rings. The summed E-state index contributed by atoms with van der Waals surface area (Å²) in [6, 6.07) is 11.6. The molecule has 0 aliphatic carbocycles. The molecule has 0 saturated heterocycles. The maximum atomic E-state index is 12.3. The lowest BCUT2D eigenvalue weighted by atomic mass is 10.1. The zero-order chi connectivity index (χ0) is 15.1. The van der Waals surface area contributed by atoms with Crippen molar-refractivity contribution in [1.82, 2.24) is 9.88 Å². The first-order valence-corrected chi connectivity index (χ1v) is 7.89. The van der Waals surface area contributed by atoms with Gasteiger partial charge in [0.15, 0.2) is 5.78 Å². The monoisotopic (exact) mass is 346 g/mol. The Hall–Kier alpha value is -1.52. The van der Waals surface area contributed by atoms with Crippen LogP contribution in [-0.4, -0.2) is 28.8 Å². The first-order chi connectivity index (χ1) is 10.2. The summed E-state index contributed by atoms with van der Waals surface area (Å²) in [4.78, 5) is 18.6. The van der Waals surface area contributed by atoms with E-state index in [4.69, 9.17) is 0 Å². The Labute approximate surface area is 134 Å². The number of aromatic nitrogens is 1. The predicted octanol–water partition coefficient (Wildman–Crippen LogP) is 3.94. The number of Topliss-reactive ketones (excluding diaryl/α,β-unsaturated/α-hetero) is 1. The molecular formula is C17H19BrN2O. The van der Waals surface area contributed by atoms with Gasteiger partial charge >= 0.3 is 0 Å². The minimum absolute atomic E-state index is 0.177. The average Bonchev–Trinajstić information content (AvgIpc) is 2.52. The van der Waals surface area contributed by atoms with Crippen molar-refractivity contribution in [3.8, 4) is 0 Å². The second-order valence-electron chi connectivity index (χ2n) is 4.88. The summed E-state index contributed by atoms with van der Waals surface area (Å²) < 4.78 is 0.868. The molecule has 3 nitrogen and oxygen atoms in total. The molecule has 21 heavy (non-hydrogen) atoms. The molecule has 0 spiro atoms. The third-order valence-corrected chi connectivity index (χ3v) is 4.12. The molecule has 0 amide bonds. The first-order valence-electron chi connectivity index (χ1n) is 7.09. The van der Waals surface area contributed by atoms with E-state index in [1.54, 1.807) is 12.4 Å². The van der Waals surface area contributed by atoms with Gasteiger partial charge in [0.1, 0.15) is 0 Å². The Morgan fingerprint density at radius 1 is 1.19 bits per heavy atom. The summed E-state index contributed by atoms with van der Waals surface area (Å²) in [5.41, 5.74) is 1.98. The van der Waals surface area contributed by atoms with Gasteiger partial charge in [-0.25, -0.2) is 0 Å². The van der Waals surface area contributed by atoms with Crippen LogP contribution in [0.25, 0.3) is 0 Å². The summed E-state index contributed by atoms with van der Waals surface area (Å²) in [5, 5.41) is 0. The van der Waals surface area contributed by atoms with Gasteiger partial charge in [-0.1, -0.05) is 41.1 Å². The van der Waals surface area contributed by atoms with E-state index in [0.717, 1.165) is 29.7 Å². The molecule has 0 saturated carbocycles. The Morgan fingerprint density at radius 2 is 1.90 bits per heavy atom. The summed E-state index contributed by atoms with van der Waals surface area (Å²) in [6.45, 7) is 4.65. The number of benzene rings is 1. The number of carbonyl (C=O) groups is 1. The second kappa shape index (κ2) is 8.05. The lowest BCUT2D eigenvalue weighted by Crippen LogP contribution is -2.25. The highest BCUT2D eigenvalue weighted by Gasteiger charge is 2.11. The Morgan fingerprint density at radius 3 is 2.57 bits per heavy atom. The van der Waals surface area contributed by atoms with Crippen molar-refractivity contribution >= 4 is 21.7 Å². The maximum absolute atomic E-state index is 12.3. The highest BCUT2D eigenvalue weighted by atomic mass is 79.9. The van der Waals surface area contributed by atoms with Crippen molar-refractivity contribution in [3.63, 3.8) is 0 Å². The fraction of sp³-hybridized carbons (Fsp3) is 0.294. The van der Waals surface area contributed by atoms with E-state index < -0.39 is 0 Å². The molecular weight excluding hydrogens is 328 g/mol. The molecule has 1 aromatic carbocycles. The minimum Gasteiger partial charge on any atom is -0.299 e. The van der Waals surface area contributed by atoms with Gasteiger partial charge in [-0.2, -0.15) is 0 Å². The quantitative estimate of drug-likeness (QED) is 0.712. The fourth-order valence-corrected chi connectivity index (χ4v) is 2.68. The van der Waals surface area contributed by atoms with Gasteiger partial charge in [0, 0.05) is 41.9 Å². The molecule has 0 aliphatic rings. The van der Waals surface area contributed by atoms with Crippen LogP contribution in [0.2, 0.25) is 0 Å². The predicted molar refractivity (Wildman–Crippen MR) is 88.3 cm³/mol. The van der Waals surface area contributed by atoms with E-state index in [1.807, 2.05) is 36.4 Å². The van der Waals surface area contributed by atoms with E-state index >= 15 is 0 Å². The van der Waals surface area contributed by atoms with Crippen molar-refractivity contribution < 1.29 is 4.79 Å². The number of hydrogen-bond acceptors (Lipinski definition) is 3. The molecule has 1 heterocycles. The Bertz CT molecular complexity index is 586. The van der Waals surface area contributed by atoms with Crippen LogP contribution < -0.4 is 0 Å². The molecule has 4 heteroatoms. The van der Waals surface area contributed by atoms with Gasteiger partial charge in [-0.15, -0.1) is 0 Å². The van der Waals surface area contributed by atoms with Crippen molar-refractivity contribution in [2.45, 2.75) is 19.9 Å². The molecule has 0 unspecified atom stereocenters. The minimum atomic E-state index is 0.177. The van der Waals surface area contributed by atoms with Gasteiger partial charge in [-0.3, -0.25) is 14.7 Å². The van der Waals surface area contributed by atoms with Crippen LogP contribution in [0.3, 0.4) is 0 Å². The molecule has 0 radical (unpaired) electrons. The molecule has 0 fully saturated rings. The van der Waals surface area contributed by atoms with Crippen molar-refractivity contribution in [3.05, 3.63) is 64.4 Å². The van der Waals surface area contributed by atoms with Crippen LogP contribution in [0.5, 0.6) is 0 Å². The van der Waals surface area contributed by atoms with Crippen LogP contribution in [-0.2, 0) is 6.54 Å². The zero-order valence-corrected chi connectivity index (χ0v) is 13.7. The van der Waals surface area contributed by atoms with Gasteiger partial charge in [0.25, 0.3) is 0 Å². The number of nitrogens with zero attached hydrogens (tertiary/aromatic N) is 2. The van der Waals surface area contributed by atoms with E-state index in [1.165, 1.54) is 5.56 Å². The normalized spacial score (nSPS) is 10.8. The van der Waals surface area contributed by atoms with Crippen molar-refractivity contribution in [1.29, 1.82) is 0 Å². The van der Waals surface area contributed by atoms with E-state index in [-0.39, 0.29) is 5.78 Å². The number of halogens is 1. The van der Waals surface area contributed by atoms with Crippen LogP contribution in [0.1, 0.15) is 29.3 Å². The largest absolute Gasteiger partial charge is 0.299 e. The van der Waals surface area contributed by atoms with Crippen LogP contribution >= 0.6 is 15.9 Å². The fourth-order valence-electron chi connectivity index (χ4n) is 2.18. The number of hydrogen-bond donors (Lipinski definition) is 0. The highest BCUT2D eigenvalue weighted by molar-refractivity contribution is 9.10. The lowest BCUT2D eigenvalue weighted by molar-refractivity contribution is 0.0963. The van der Waals surface area contributed by atoms with Crippen molar-refractivity contribution in [2.24, 2.45) is 0 Å². The molecule has 0 atom stereocenters. The average molecular weight is 347 g/mol. The first kappa shape index (κ1) is 15.9. The lowest BCUT2D eigenvalue weighted by Gasteiger charge is -2.20. The highest BCUT2D eigenvalue weighted by Crippen LogP contribution is 2.17. The third kappa shape index (κ3) is 4.76. The molecule has 110 valence electrons. The van der Waals surface area contributed by atoms with Gasteiger partial charge in [0.05, 0.1) is 0 Å². The molecule has 1 aromatic heterocycles. The number of ketones is 1. The van der Waals surface area contributed by atoms with E-state index in [0.29, 0.717) is 6.42 Å². The van der Waals surface area contributed by atoms with Crippen LogP contribution in [0.4, 0.5) is 0 Å². The van der Waals surface area contributed by atoms with E-state index in [2.05, 4.69) is 32.7 Å². The smallest absolute Gasteiger partial charge is 0.165 e. The molecule has 0 bridgehead atoms. The summed E-state index contributed by atoms with van der Waals surface area (Å²) >= 11 is 3.43. The van der Waals surface area contributed by atoms with Gasteiger partial charge < -0.3 is 0 Å². The molecule has 2 rings (SSSR count). The maximum Gasteiger partial charge on any atom is 0.165 e. The zero-order valence-electron chi connectivity index (χ0n) is 12.1. The number of pyridine rings is 1. The summed E-state index contributed by atoms with van der Waals surface area (Å²) in [7, 11) is 0.